The molecule has 9 heteroatoms. The lowest BCUT2D eigenvalue weighted by molar-refractivity contribution is -0.137. The van der Waals surface area contributed by atoms with Crippen molar-refractivity contribution in [3.05, 3.63) is 5.76 Å². The number of rotatable bonds is 9. The van der Waals surface area contributed by atoms with E-state index in [9.17, 15) is 14.7 Å². The molecule has 0 radical (unpaired) electrons. The second-order valence-corrected chi connectivity index (χ2v) is 13.3. The molecular weight excluding hydrogens is 454 g/mol. The molecule has 5 fully saturated rings. The summed E-state index contributed by atoms with van der Waals surface area (Å²) in [5.41, 5.74) is 4.38. The molecule has 34 heavy (non-hydrogen) atoms. The number of primary amides is 1. The van der Waals surface area contributed by atoms with Gasteiger partial charge in [-0.05, 0) is 67.9 Å². The highest BCUT2D eigenvalue weighted by Gasteiger charge is 2.55. The average molecular weight is 492 g/mol. The molecule has 2 unspecified atom stereocenters. The maximum atomic E-state index is 13.4. The largest absolute Gasteiger partial charge is 0.474 e. The molecule has 188 valence electrons. The lowest BCUT2D eigenvalue weighted by atomic mass is 9.52. The Morgan fingerprint density at radius 3 is 2.53 bits per heavy atom. The first kappa shape index (κ1) is 24.0. The predicted molar refractivity (Wildman–Crippen MR) is 127 cm³/mol. The molecule has 0 aromatic carbocycles. The van der Waals surface area contributed by atoms with Crippen molar-refractivity contribution in [2.24, 2.45) is 28.9 Å². The number of hydrogen-bond donors (Lipinski definition) is 3. The standard InChI is InChI=1S/C25H37N3O5S/c1-24(2,12-18(26)29)13-32-23-21(34-17-5-3-4-6-17)20(33-28-23)22(30)27-19-15-7-14-8-16(19)11-25(31,9-14)10-15/h14-17,19,31H,3-13H2,1-2H3,(H2,26,29)(H,27,30)/t14?,15?,16?,19-,25-. The minimum absolute atomic E-state index is 0.0672. The van der Waals surface area contributed by atoms with Gasteiger partial charge < -0.3 is 25.4 Å². The Hall–Kier alpha value is -1.74. The van der Waals surface area contributed by atoms with Gasteiger partial charge in [0, 0.05) is 23.1 Å². The fraction of sp³-hybridized carbons (Fsp3) is 0.800. The van der Waals surface area contributed by atoms with Gasteiger partial charge >= 0.3 is 0 Å². The molecule has 0 spiro atoms. The molecule has 0 saturated heterocycles. The molecular formula is C25H37N3O5S. The molecule has 2 amide bonds. The van der Waals surface area contributed by atoms with Crippen molar-refractivity contribution in [3.8, 4) is 5.88 Å². The van der Waals surface area contributed by atoms with Crippen LogP contribution in [0.2, 0.25) is 0 Å². The minimum Gasteiger partial charge on any atom is -0.474 e. The molecule has 5 aliphatic rings. The van der Waals surface area contributed by atoms with Crippen LogP contribution in [0.25, 0.3) is 0 Å². The SMILES string of the molecule is CC(C)(COc1noc(C(=O)N[C@H]2C3CC4CC2C[C@](O)(C4)C3)c1SC1CCCC1)CC(N)=O. The Morgan fingerprint density at radius 2 is 1.91 bits per heavy atom. The first-order valence-electron chi connectivity index (χ1n) is 12.7. The summed E-state index contributed by atoms with van der Waals surface area (Å²) in [5.74, 6) is 1.13. The van der Waals surface area contributed by atoms with Crippen LogP contribution >= 0.6 is 11.8 Å². The summed E-state index contributed by atoms with van der Waals surface area (Å²) in [4.78, 5) is 25.5. The molecule has 2 atom stereocenters. The maximum absolute atomic E-state index is 13.4. The zero-order valence-corrected chi connectivity index (χ0v) is 21.0. The summed E-state index contributed by atoms with van der Waals surface area (Å²) in [7, 11) is 0. The Balaban J connectivity index is 1.32. The van der Waals surface area contributed by atoms with Crippen molar-refractivity contribution in [2.45, 2.75) is 99.8 Å². The number of carbonyl (C=O) groups is 2. The van der Waals surface area contributed by atoms with E-state index in [0.717, 1.165) is 44.9 Å². The van der Waals surface area contributed by atoms with Crippen molar-refractivity contribution < 1.29 is 24.0 Å². The van der Waals surface area contributed by atoms with Gasteiger partial charge in [-0.1, -0.05) is 26.7 Å². The molecule has 1 aromatic heterocycles. The van der Waals surface area contributed by atoms with E-state index in [0.29, 0.717) is 33.8 Å². The van der Waals surface area contributed by atoms with Gasteiger partial charge in [0.15, 0.2) is 0 Å². The van der Waals surface area contributed by atoms with Crippen LogP contribution in [-0.4, -0.2) is 45.6 Å². The maximum Gasteiger partial charge on any atom is 0.291 e. The Labute approximate surface area is 205 Å². The summed E-state index contributed by atoms with van der Waals surface area (Å²) >= 11 is 1.62. The first-order valence-corrected chi connectivity index (χ1v) is 13.6. The smallest absolute Gasteiger partial charge is 0.291 e. The molecule has 5 saturated carbocycles. The van der Waals surface area contributed by atoms with Gasteiger partial charge in [-0.3, -0.25) is 9.59 Å². The van der Waals surface area contributed by atoms with E-state index in [1.807, 2.05) is 13.8 Å². The van der Waals surface area contributed by atoms with Gasteiger partial charge in [-0.15, -0.1) is 11.8 Å². The number of ether oxygens (including phenoxy) is 1. The monoisotopic (exact) mass is 491 g/mol. The molecule has 4 N–H and O–H groups in total. The van der Waals surface area contributed by atoms with Crippen LogP contribution in [0.15, 0.2) is 9.42 Å². The molecule has 8 nitrogen and oxygen atoms in total. The summed E-state index contributed by atoms with van der Waals surface area (Å²) in [5, 5.41) is 18.7. The number of nitrogens with two attached hydrogens (primary N) is 1. The number of hydrogen-bond acceptors (Lipinski definition) is 7. The van der Waals surface area contributed by atoms with E-state index in [1.54, 1.807) is 11.8 Å². The quantitative estimate of drug-likeness (QED) is 0.481. The average Bonchev–Trinajstić information content (AvgIpc) is 3.37. The Morgan fingerprint density at radius 1 is 1.24 bits per heavy atom. The second kappa shape index (κ2) is 9.04. The number of aromatic nitrogens is 1. The van der Waals surface area contributed by atoms with Gasteiger partial charge in [-0.2, -0.15) is 0 Å². The number of amides is 2. The molecule has 1 heterocycles. The lowest BCUT2D eigenvalue weighted by Gasteiger charge is -2.58. The fourth-order valence-electron chi connectivity index (χ4n) is 7.00. The van der Waals surface area contributed by atoms with Gasteiger partial charge in [0.2, 0.25) is 11.7 Å². The van der Waals surface area contributed by atoms with Gasteiger partial charge in [0.1, 0.15) is 4.90 Å². The summed E-state index contributed by atoms with van der Waals surface area (Å²) < 4.78 is 11.6. The third kappa shape index (κ3) is 4.96. The van der Waals surface area contributed by atoms with Crippen molar-refractivity contribution in [3.63, 3.8) is 0 Å². The zero-order chi connectivity index (χ0) is 24.1. The van der Waals surface area contributed by atoms with Gasteiger partial charge in [0.05, 0.1) is 12.2 Å². The van der Waals surface area contributed by atoms with E-state index in [2.05, 4.69) is 10.5 Å². The molecule has 4 bridgehead atoms. The van der Waals surface area contributed by atoms with Crippen LogP contribution in [0.1, 0.15) is 88.6 Å². The topological polar surface area (TPSA) is 128 Å². The molecule has 1 aromatic rings. The normalized spacial score (nSPS) is 32.8. The number of thioether (sulfide) groups is 1. The van der Waals surface area contributed by atoms with E-state index in [1.165, 1.54) is 12.8 Å². The highest BCUT2D eigenvalue weighted by Crippen LogP contribution is 2.55. The third-order valence-corrected chi connectivity index (χ3v) is 9.60. The van der Waals surface area contributed by atoms with E-state index >= 15 is 0 Å². The highest BCUT2D eigenvalue weighted by molar-refractivity contribution is 8.00. The molecule has 5 aliphatic carbocycles. The fourth-order valence-corrected chi connectivity index (χ4v) is 8.34. The van der Waals surface area contributed by atoms with Crippen LogP contribution in [0.5, 0.6) is 5.88 Å². The molecule has 6 rings (SSSR count). The van der Waals surface area contributed by atoms with E-state index < -0.39 is 11.0 Å². The van der Waals surface area contributed by atoms with E-state index in [4.69, 9.17) is 15.0 Å². The van der Waals surface area contributed by atoms with Crippen LogP contribution in [0.3, 0.4) is 0 Å². The predicted octanol–water partition coefficient (Wildman–Crippen LogP) is 3.66. The lowest BCUT2D eigenvalue weighted by Crippen LogP contribution is -2.61. The summed E-state index contributed by atoms with van der Waals surface area (Å²) in [6.45, 7) is 4.07. The van der Waals surface area contributed by atoms with Crippen LogP contribution in [0.4, 0.5) is 0 Å². The van der Waals surface area contributed by atoms with Gasteiger partial charge in [-0.25, -0.2) is 0 Å². The number of nitrogens with one attached hydrogen (secondary N) is 1. The summed E-state index contributed by atoms with van der Waals surface area (Å²) in [6.07, 6.45) is 9.36. The minimum atomic E-state index is -0.536. The second-order valence-electron chi connectivity index (χ2n) is 12.0. The third-order valence-electron chi connectivity index (χ3n) is 8.20. The van der Waals surface area contributed by atoms with Crippen molar-refractivity contribution >= 4 is 23.6 Å². The Kier molecular flexibility index (Phi) is 6.38. The van der Waals surface area contributed by atoms with E-state index in [-0.39, 0.29) is 36.6 Å². The number of nitrogens with zero attached hydrogens (tertiary/aromatic N) is 1. The first-order chi connectivity index (χ1) is 16.1. The van der Waals surface area contributed by atoms with Crippen molar-refractivity contribution in [2.75, 3.05) is 6.61 Å². The highest BCUT2D eigenvalue weighted by atomic mass is 32.2. The Bertz CT molecular complexity index is 925. The number of aliphatic hydroxyl groups is 1. The van der Waals surface area contributed by atoms with Crippen LogP contribution in [0, 0.1) is 23.2 Å². The summed E-state index contributed by atoms with van der Waals surface area (Å²) in [6, 6.07) is 0.0672. The number of carbonyl (C=O) groups excluding carboxylic acids is 2. The van der Waals surface area contributed by atoms with Crippen molar-refractivity contribution in [1.82, 2.24) is 10.5 Å². The van der Waals surface area contributed by atoms with Crippen LogP contribution in [-0.2, 0) is 4.79 Å². The van der Waals surface area contributed by atoms with Crippen molar-refractivity contribution in [1.29, 1.82) is 0 Å². The van der Waals surface area contributed by atoms with Crippen LogP contribution < -0.4 is 15.8 Å². The molecule has 0 aliphatic heterocycles. The van der Waals surface area contributed by atoms with Gasteiger partial charge in [0.25, 0.3) is 11.8 Å². The zero-order valence-electron chi connectivity index (χ0n) is 20.2.